The quantitative estimate of drug-likeness (QED) is 0.783. The predicted molar refractivity (Wildman–Crippen MR) is 103 cm³/mol. The number of amides is 2. The SMILES string of the molecule is C[C@H]1CC(=O)Nc2ccccc2N1C(=O)COC(=O)c1ccc(Cl)c(Cl)c1. The molecule has 6 nitrogen and oxygen atoms in total. The molecule has 1 atom stereocenters. The second-order valence-corrected chi connectivity index (χ2v) is 6.90. The maximum Gasteiger partial charge on any atom is 0.338 e. The number of benzene rings is 2. The zero-order valence-corrected chi connectivity index (χ0v) is 15.9. The molecule has 0 saturated heterocycles. The molecule has 0 fully saturated rings. The van der Waals surface area contributed by atoms with Crippen LogP contribution in [-0.4, -0.2) is 30.4 Å². The first-order valence-electron chi connectivity index (χ1n) is 8.20. The summed E-state index contributed by atoms with van der Waals surface area (Å²) >= 11 is 11.7. The Morgan fingerprint density at radius 1 is 1.19 bits per heavy atom. The summed E-state index contributed by atoms with van der Waals surface area (Å²) in [4.78, 5) is 38.4. The zero-order chi connectivity index (χ0) is 19.6. The summed E-state index contributed by atoms with van der Waals surface area (Å²) < 4.78 is 5.13. The Kier molecular flexibility index (Phi) is 5.68. The van der Waals surface area contributed by atoms with Crippen molar-refractivity contribution in [1.29, 1.82) is 0 Å². The van der Waals surface area contributed by atoms with Crippen LogP contribution in [0.3, 0.4) is 0 Å². The van der Waals surface area contributed by atoms with Gasteiger partial charge in [-0.2, -0.15) is 0 Å². The highest BCUT2D eigenvalue weighted by Gasteiger charge is 2.30. The number of nitrogens with one attached hydrogen (secondary N) is 1. The van der Waals surface area contributed by atoms with Gasteiger partial charge in [0, 0.05) is 12.5 Å². The molecule has 0 saturated carbocycles. The Labute approximate surface area is 166 Å². The monoisotopic (exact) mass is 406 g/mol. The van der Waals surface area contributed by atoms with Crippen molar-refractivity contribution in [3.8, 4) is 0 Å². The van der Waals surface area contributed by atoms with Gasteiger partial charge in [0.1, 0.15) is 0 Å². The maximum absolute atomic E-state index is 12.7. The molecular weight excluding hydrogens is 391 g/mol. The molecule has 27 heavy (non-hydrogen) atoms. The van der Waals surface area contributed by atoms with E-state index in [-0.39, 0.29) is 29.0 Å². The number of carbonyl (C=O) groups excluding carboxylic acids is 3. The Morgan fingerprint density at radius 3 is 2.67 bits per heavy atom. The molecule has 3 rings (SSSR count). The number of esters is 1. The average molecular weight is 407 g/mol. The molecule has 0 aliphatic carbocycles. The van der Waals surface area contributed by atoms with Crippen molar-refractivity contribution >= 4 is 52.4 Å². The fourth-order valence-corrected chi connectivity index (χ4v) is 3.17. The van der Waals surface area contributed by atoms with Gasteiger partial charge in [0.05, 0.1) is 27.0 Å². The third-order valence-electron chi connectivity index (χ3n) is 4.11. The summed E-state index contributed by atoms with van der Waals surface area (Å²) in [5.41, 5.74) is 1.29. The van der Waals surface area contributed by atoms with Crippen LogP contribution in [0.4, 0.5) is 11.4 Å². The number of para-hydroxylation sites is 2. The predicted octanol–water partition coefficient (Wildman–Crippen LogP) is 3.91. The summed E-state index contributed by atoms with van der Waals surface area (Å²) in [5, 5.41) is 3.31. The Balaban J connectivity index is 1.76. The highest BCUT2D eigenvalue weighted by Crippen LogP contribution is 2.31. The van der Waals surface area contributed by atoms with Crippen molar-refractivity contribution in [1.82, 2.24) is 0 Å². The van der Waals surface area contributed by atoms with Gasteiger partial charge in [-0.05, 0) is 37.3 Å². The minimum absolute atomic E-state index is 0.140. The Hall–Kier alpha value is -2.57. The summed E-state index contributed by atoms with van der Waals surface area (Å²) in [6, 6.07) is 10.9. The molecule has 0 aromatic heterocycles. The fourth-order valence-electron chi connectivity index (χ4n) is 2.87. The number of anilines is 2. The van der Waals surface area contributed by atoms with E-state index in [9.17, 15) is 14.4 Å². The van der Waals surface area contributed by atoms with Crippen LogP contribution in [0, 0.1) is 0 Å². The molecule has 0 unspecified atom stereocenters. The Bertz CT molecular complexity index is 916. The number of ether oxygens (including phenoxy) is 1. The molecule has 0 spiro atoms. The molecule has 2 aromatic carbocycles. The molecule has 1 N–H and O–H groups in total. The van der Waals surface area contributed by atoms with Crippen LogP contribution in [0.2, 0.25) is 10.0 Å². The molecule has 8 heteroatoms. The summed E-state index contributed by atoms with van der Waals surface area (Å²) in [7, 11) is 0. The van der Waals surface area contributed by atoms with Crippen LogP contribution in [0.25, 0.3) is 0 Å². The lowest BCUT2D eigenvalue weighted by Crippen LogP contribution is -2.41. The van der Waals surface area contributed by atoms with E-state index in [0.717, 1.165) is 0 Å². The number of hydrogen-bond acceptors (Lipinski definition) is 4. The number of hydrogen-bond donors (Lipinski definition) is 1. The van der Waals surface area contributed by atoms with E-state index in [2.05, 4.69) is 5.32 Å². The van der Waals surface area contributed by atoms with Crippen molar-refractivity contribution in [3.63, 3.8) is 0 Å². The van der Waals surface area contributed by atoms with E-state index in [1.807, 2.05) is 0 Å². The van der Waals surface area contributed by atoms with Crippen molar-refractivity contribution in [2.75, 3.05) is 16.8 Å². The van der Waals surface area contributed by atoms with Gasteiger partial charge in [-0.1, -0.05) is 35.3 Å². The summed E-state index contributed by atoms with van der Waals surface area (Å²) in [6.45, 7) is 1.30. The van der Waals surface area contributed by atoms with E-state index >= 15 is 0 Å². The van der Waals surface area contributed by atoms with E-state index in [0.29, 0.717) is 16.4 Å². The molecule has 2 aromatic rings. The van der Waals surface area contributed by atoms with Crippen molar-refractivity contribution in [2.24, 2.45) is 0 Å². The van der Waals surface area contributed by atoms with Crippen LogP contribution in [-0.2, 0) is 14.3 Å². The first-order chi connectivity index (χ1) is 12.9. The normalized spacial score (nSPS) is 16.2. The highest BCUT2D eigenvalue weighted by molar-refractivity contribution is 6.42. The van der Waals surface area contributed by atoms with Crippen molar-refractivity contribution in [2.45, 2.75) is 19.4 Å². The lowest BCUT2D eigenvalue weighted by atomic mass is 10.1. The number of nitrogens with zero attached hydrogens (tertiary/aromatic N) is 1. The van der Waals surface area contributed by atoms with Crippen LogP contribution < -0.4 is 10.2 Å². The van der Waals surface area contributed by atoms with Gasteiger partial charge in [0.15, 0.2) is 6.61 Å². The van der Waals surface area contributed by atoms with E-state index in [1.54, 1.807) is 31.2 Å². The fraction of sp³-hybridized carbons (Fsp3) is 0.211. The molecule has 0 radical (unpaired) electrons. The van der Waals surface area contributed by atoms with E-state index in [1.165, 1.54) is 23.1 Å². The third-order valence-corrected chi connectivity index (χ3v) is 4.85. The maximum atomic E-state index is 12.7. The van der Waals surface area contributed by atoms with Gasteiger partial charge < -0.3 is 15.0 Å². The third kappa shape index (κ3) is 4.23. The second-order valence-electron chi connectivity index (χ2n) is 6.09. The minimum atomic E-state index is -0.688. The number of carbonyl (C=O) groups is 3. The number of halogens is 2. The molecule has 0 bridgehead atoms. The van der Waals surface area contributed by atoms with Gasteiger partial charge in [-0.15, -0.1) is 0 Å². The highest BCUT2D eigenvalue weighted by atomic mass is 35.5. The first kappa shape index (κ1) is 19.2. The average Bonchev–Trinajstić information content (AvgIpc) is 2.76. The first-order valence-corrected chi connectivity index (χ1v) is 8.95. The molecule has 1 heterocycles. The van der Waals surface area contributed by atoms with Gasteiger partial charge in [0.25, 0.3) is 5.91 Å². The van der Waals surface area contributed by atoms with E-state index in [4.69, 9.17) is 27.9 Å². The van der Waals surface area contributed by atoms with E-state index < -0.39 is 18.5 Å². The van der Waals surface area contributed by atoms with Crippen LogP contribution in [0.15, 0.2) is 42.5 Å². The van der Waals surface area contributed by atoms with Gasteiger partial charge >= 0.3 is 5.97 Å². The smallest absolute Gasteiger partial charge is 0.338 e. The summed E-state index contributed by atoms with van der Waals surface area (Å²) in [6.07, 6.45) is 0.140. The lowest BCUT2D eigenvalue weighted by molar-refractivity contribution is -0.122. The van der Waals surface area contributed by atoms with Crippen LogP contribution in [0.1, 0.15) is 23.7 Å². The second kappa shape index (κ2) is 7.98. The Morgan fingerprint density at radius 2 is 1.93 bits per heavy atom. The zero-order valence-electron chi connectivity index (χ0n) is 14.4. The van der Waals surface area contributed by atoms with Crippen molar-refractivity contribution < 1.29 is 19.1 Å². The molecule has 140 valence electrons. The molecule has 1 aliphatic rings. The van der Waals surface area contributed by atoms with Crippen LogP contribution >= 0.6 is 23.2 Å². The molecule has 2 amide bonds. The van der Waals surface area contributed by atoms with Crippen LogP contribution in [0.5, 0.6) is 0 Å². The summed E-state index contributed by atoms with van der Waals surface area (Å²) in [5.74, 6) is -1.30. The molecule has 1 aliphatic heterocycles. The largest absolute Gasteiger partial charge is 0.452 e. The van der Waals surface area contributed by atoms with Gasteiger partial charge in [-0.25, -0.2) is 4.79 Å². The van der Waals surface area contributed by atoms with Gasteiger partial charge in [-0.3, -0.25) is 9.59 Å². The number of fused-ring (bicyclic) bond motifs is 1. The van der Waals surface area contributed by atoms with Crippen molar-refractivity contribution in [3.05, 3.63) is 58.1 Å². The topological polar surface area (TPSA) is 75.7 Å². The minimum Gasteiger partial charge on any atom is -0.452 e. The molecular formula is C19H16Cl2N2O4. The standard InChI is InChI=1S/C19H16Cl2N2O4/c1-11-8-17(24)22-15-4-2-3-5-16(15)23(11)18(25)10-27-19(26)12-6-7-13(20)14(21)9-12/h2-7,9,11H,8,10H2,1H3,(H,22,24)/t11-/m0/s1. The van der Waals surface area contributed by atoms with Gasteiger partial charge in [0.2, 0.25) is 5.91 Å². The lowest BCUT2D eigenvalue weighted by Gasteiger charge is -2.27. The number of rotatable bonds is 3.